The number of carboxylic acids is 1. The Morgan fingerprint density at radius 2 is 1.86 bits per heavy atom. The summed E-state index contributed by atoms with van der Waals surface area (Å²) >= 11 is 1.21. The van der Waals surface area contributed by atoms with Crippen LogP contribution in [0.3, 0.4) is 0 Å². The first kappa shape index (κ1) is 24.8. The molecule has 3 N–H and O–H groups in total. The molecule has 0 spiro atoms. The summed E-state index contributed by atoms with van der Waals surface area (Å²) < 4.78 is 0.860. The van der Waals surface area contributed by atoms with Gasteiger partial charge in [-0.25, -0.2) is 9.78 Å². The predicted octanol–water partition coefficient (Wildman–Crippen LogP) is 3.67. The zero-order valence-electron chi connectivity index (χ0n) is 19.6. The number of unbranched alkanes of at least 4 members (excludes halogenated alkanes) is 1. The SMILES string of the molecule is O=C(CCCCc1ccc2c(n1)CCCC2)NCC[C@H](NC(=O)c1nc2ccccc2s1)C(=O)O. The number of aryl methyl sites for hydroxylation is 3. The van der Waals surface area contributed by atoms with Gasteiger partial charge < -0.3 is 15.7 Å². The van der Waals surface area contributed by atoms with E-state index in [4.69, 9.17) is 4.98 Å². The lowest BCUT2D eigenvalue weighted by atomic mass is 9.95. The van der Waals surface area contributed by atoms with E-state index in [0.717, 1.165) is 42.5 Å². The molecule has 2 amide bonds. The lowest BCUT2D eigenvalue weighted by Crippen LogP contribution is -2.43. The predicted molar refractivity (Wildman–Crippen MR) is 135 cm³/mol. The monoisotopic (exact) mass is 494 g/mol. The normalized spacial score (nSPS) is 13.7. The number of pyridine rings is 1. The highest BCUT2D eigenvalue weighted by molar-refractivity contribution is 7.20. The second-order valence-electron chi connectivity index (χ2n) is 8.81. The highest BCUT2D eigenvalue weighted by Crippen LogP contribution is 2.22. The summed E-state index contributed by atoms with van der Waals surface area (Å²) in [6.45, 7) is 0.169. The second kappa shape index (κ2) is 11.9. The van der Waals surface area contributed by atoms with Gasteiger partial charge in [-0.05, 0) is 75.1 Å². The first-order valence-electron chi connectivity index (χ1n) is 12.1. The van der Waals surface area contributed by atoms with E-state index in [0.29, 0.717) is 11.9 Å². The first-order chi connectivity index (χ1) is 17.0. The van der Waals surface area contributed by atoms with Crippen LogP contribution in [0.1, 0.15) is 65.3 Å². The third kappa shape index (κ3) is 6.85. The number of hydrogen-bond acceptors (Lipinski definition) is 6. The molecule has 4 rings (SSSR count). The number of benzene rings is 1. The molecule has 0 bridgehead atoms. The summed E-state index contributed by atoms with van der Waals surface area (Å²) in [4.78, 5) is 45.3. The largest absolute Gasteiger partial charge is 0.480 e. The average molecular weight is 495 g/mol. The Labute approximate surface area is 208 Å². The molecule has 0 saturated heterocycles. The minimum absolute atomic E-state index is 0.0940. The van der Waals surface area contributed by atoms with Gasteiger partial charge in [-0.2, -0.15) is 0 Å². The number of aliphatic carboxylic acids is 1. The molecule has 1 aliphatic rings. The molecule has 1 aromatic carbocycles. The Kier molecular flexibility index (Phi) is 8.41. The molecule has 0 aliphatic heterocycles. The molecule has 0 radical (unpaired) electrons. The number of carbonyl (C=O) groups excluding carboxylic acids is 2. The van der Waals surface area contributed by atoms with E-state index in [-0.39, 0.29) is 23.9 Å². The van der Waals surface area contributed by atoms with Crippen LogP contribution in [0.2, 0.25) is 0 Å². The van der Waals surface area contributed by atoms with E-state index in [1.807, 2.05) is 18.2 Å². The third-order valence-corrected chi connectivity index (χ3v) is 7.20. The number of nitrogens with zero attached hydrogens (tertiary/aromatic N) is 2. The number of carboxylic acid groups (broad SMARTS) is 1. The number of aromatic nitrogens is 2. The van der Waals surface area contributed by atoms with Crippen LogP contribution in [0.25, 0.3) is 10.2 Å². The number of para-hydroxylation sites is 1. The van der Waals surface area contributed by atoms with Crippen molar-refractivity contribution in [3.63, 3.8) is 0 Å². The molecule has 2 aromatic heterocycles. The Hall–Kier alpha value is -3.33. The van der Waals surface area contributed by atoms with Crippen molar-refractivity contribution in [3.8, 4) is 0 Å². The van der Waals surface area contributed by atoms with Crippen LogP contribution in [-0.4, -0.2) is 45.4 Å². The van der Waals surface area contributed by atoms with Crippen LogP contribution in [-0.2, 0) is 28.9 Å². The lowest BCUT2D eigenvalue weighted by molar-refractivity contribution is -0.139. The molecule has 0 saturated carbocycles. The van der Waals surface area contributed by atoms with Gasteiger partial charge in [0, 0.05) is 24.4 Å². The van der Waals surface area contributed by atoms with Gasteiger partial charge in [0.15, 0.2) is 5.01 Å². The van der Waals surface area contributed by atoms with E-state index in [1.54, 1.807) is 6.07 Å². The topological polar surface area (TPSA) is 121 Å². The number of thiazole rings is 1. The Morgan fingerprint density at radius 1 is 1.03 bits per heavy atom. The highest BCUT2D eigenvalue weighted by atomic mass is 32.1. The molecule has 2 heterocycles. The highest BCUT2D eigenvalue weighted by Gasteiger charge is 2.22. The van der Waals surface area contributed by atoms with Gasteiger partial charge in [0.2, 0.25) is 5.91 Å². The van der Waals surface area contributed by atoms with Gasteiger partial charge >= 0.3 is 5.97 Å². The third-order valence-electron chi connectivity index (χ3n) is 6.17. The Balaban J connectivity index is 1.16. The lowest BCUT2D eigenvalue weighted by Gasteiger charge is -2.15. The fraction of sp³-hybridized carbons (Fsp3) is 0.423. The summed E-state index contributed by atoms with van der Waals surface area (Å²) in [7, 11) is 0. The Bertz CT molecular complexity index is 1180. The minimum Gasteiger partial charge on any atom is -0.480 e. The standard InChI is InChI=1S/C26H30N4O4S/c31-23(12-6-2-8-18-14-13-17-7-1-3-9-19(17)28-18)27-16-15-21(26(33)34)29-24(32)25-30-20-10-4-5-11-22(20)35-25/h4-5,10-11,13-14,21H,1-3,6-9,12,15-16H2,(H,27,31)(H,29,32)(H,33,34)/t21-/m0/s1. The number of carbonyl (C=O) groups is 3. The van der Waals surface area contributed by atoms with E-state index < -0.39 is 17.9 Å². The quantitative estimate of drug-likeness (QED) is 0.350. The van der Waals surface area contributed by atoms with E-state index in [9.17, 15) is 19.5 Å². The van der Waals surface area contributed by atoms with Gasteiger partial charge in [-0.1, -0.05) is 18.2 Å². The molecule has 8 nitrogen and oxygen atoms in total. The zero-order valence-corrected chi connectivity index (χ0v) is 20.4. The molecular formula is C26H30N4O4S. The van der Waals surface area contributed by atoms with Crippen LogP contribution in [0.15, 0.2) is 36.4 Å². The number of hydrogen-bond donors (Lipinski definition) is 3. The summed E-state index contributed by atoms with van der Waals surface area (Å²) in [6.07, 6.45) is 7.55. The van der Waals surface area contributed by atoms with E-state index >= 15 is 0 Å². The molecule has 35 heavy (non-hydrogen) atoms. The molecule has 1 atom stereocenters. The molecule has 0 unspecified atom stereocenters. The van der Waals surface area contributed by atoms with Gasteiger partial charge in [0.25, 0.3) is 5.91 Å². The smallest absolute Gasteiger partial charge is 0.326 e. The van der Waals surface area contributed by atoms with Crippen molar-refractivity contribution in [2.45, 2.75) is 63.8 Å². The van der Waals surface area contributed by atoms with Crippen molar-refractivity contribution in [2.24, 2.45) is 0 Å². The van der Waals surface area contributed by atoms with Crippen LogP contribution in [0, 0.1) is 0 Å². The first-order valence-corrected chi connectivity index (χ1v) is 12.9. The van der Waals surface area contributed by atoms with Crippen molar-refractivity contribution in [1.82, 2.24) is 20.6 Å². The maximum Gasteiger partial charge on any atom is 0.326 e. The molecule has 184 valence electrons. The van der Waals surface area contributed by atoms with E-state index in [2.05, 4.69) is 27.8 Å². The summed E-state index contributed by atoms with van der Waals surface area (Å²) in [5.74, 6) is -1.79. The molecule has 3 aromatic rings. The van der Waals surface area contributed by atoms with Crippen LogP contribution < -0.4 is 10.6 Å². The van der Waals surface area contributed by atoms with Crippen molar-refractivity contribution in [3.05, 3.63) is 58.4 Å². The number of amides is 2. The minimum atomic E-state index is -1.15. The van der Waals surface area contributed by atoms with Crippen LogP contribution >= 0.6 is 11.3 Å². The van der Waals surface area contributed by atoms with Gasteiger partial charge in [0.05, 0.1) is 10.2 Å². The summed E-state index contributed by atoms with van der Waals surface area (Å²) in [6, 6.07) is 10.5. The van der Waals surface area contributed by atoms with Crippen molar-refractivity contribution in [1.29, 1.82) is 0 Å². The number of nitrogens with one attached hydrogen (secondary N) is 2. The van der Waals surface area contributed by atoms with Crippen molar-refractivity contribution < 1.29 is 19.5 Å². The Morgan fingerprint density at radius 3 is 2.69 bits per heavy atom. The van der Waals surface area contributed by atoms with Crippen molar-refractivity contribution >= 4 is 39.3 Å². The molecule has 1 aliphatic carbocycles. The molecular weight excluding hydrogens is 464 g/mol. The number of rotatable bonds is 11. The van der Waals surface area contributed by atoms with Crippen LogP contribution in [0.5, 0.6) is 0 Å². The van der Waals surface area contributed by atoms with Crippen LogP contribution in [0.4, 0.5) is 0 Å². The van der Waals surface area contributed by atoms with Gasteiger partial charge in [0.1, 0.15) is 6.04 Å². The second-order valence-corrected chi connectivity index (χ2v) is 9.84. The maximum absolute atomic E-state index is 12.5. The zero-order chi connectivity index (χ0) is 24.6. The molecule has 0 fully saturated rings. The van der Waals surface area contributed by atoms with Gasteiger partial charge in [-0.3, -0.25) is 14.6 Å². The fourth-order valence-electron chi connectivity index (χ4n) is 4.25. The molecule has 9 heteroatoms. The number of fused-ring (bicyclic) bond motifs is 2. The van der Waals surface area contributed by atoms with Crippen molar-refractivity contribution in [2.75, 3.05) is 6.54 Å². The average Bonchev–Trinajstić information content (AvgIpc) is 3.30. The summed E-state index contributed by atoms with van der Waals surface area (Å²) in [5.41, 5.74) is 4.38. The maximum atomic E-state index is 12.5. The summed E-state index contributed by atoms with van der Waals surface area (Å²) in [5, 5.41) is 15.0. The van der Waals surface area contributed by atoms with E-state index in [1.165, 1.54) is 35.4 Å². The fourth-order valence-corrected chi connectivity index (χ4v) is 5.12. The van der Waals surface area contributed by atoms with Gasteiger partial charge in [-0.15, -0.1) is 11.3 Å².